The number of carbonyl (C=O) groups is 1. The average Bonchev–Trinajstić information content (AvgIpc) is 3.39. The van der Waals surface area contributed by atoms with Gasteiger partial charge in [0.2, 0.25) is 5.91 Å². The highest BCUT2D eigenvalue weighted by Crippen LogP contribution is 2.42. The molecule has 1 heterocycles. The molecule has 0 bridgehead atoms. The van der Waals surface area contributed by atoms with E-state index in [1.807, 2.05) is 12.1 Å². The van der Waals surface area contributed by atoms with Gasteiger partial charge >= 0.3 is 0 Å². The number of para-hydroxylation sites is 2. The maximum absolute atomic E-state index is 13.2. The Morgan fingerprint density at radius 1 is 0.958 bits per heavy atom. The fourth-order valence-electron chi connectivity index (χ4n) is 3.21. The molecule has 24 heavy (non-hydrogen) atoms. The van der Waals surface area contributed by atoms with Crippen molar-refractivity contribution in [2.75, 3.05) is 15.7 Å². The number of rotatable bonds is 3. The summed E-state index contributed by atoms with van der Waals surface area (Å²) in [5.41, 5.74) is 1.94. The molecule has 0 saturated heterocycles. The third kappa shape index (κ3) is 2.29. The summed E-state index contributed by atoms with van der Waals surface area (Å²) in [6, 6.07) is 14.3. The predicted octanol–water partition coefficient (Wildman–Crippen LogP) is 2.70. The van der Waals surface area contributed by atoms with E-state index in [4.69, 9.17) is 0 Å². The molecule has 124 valence electrons. The minimum atomic E-state index is -3.78. The molecule has 0 radical (unpaired) electrons. The summed E-state index contributed by atoms with van der Waals surface area (Å²) in [6.07, 6.45) is 1.95. The Kier molecular flexibility index (Phi) is 3.38. The molecule has 1 aliphatic heterocycles. The molecule has 0 spiro atoms. The van der Waals surface area contributed by atoms with E-state index in [0.29, 0.717) is 16.9 Å². The topological polar surface area (TPSA) is 57.7 Å². The highest BCUT2D eigenvalue weighted by molar-refractivity contribution is 7.93. The van der Waals surface area contributed by atoms with Crippen LogP contribution in [0.2, 0.25) is 0 Å². The molecule has 5 nitrogen and oxygen atoms in total. The SMILES string of the molecule is Cc1ccccc1S(=O)(=O)N1CC(=O)N(C2CC2)c2ccccc21. The zero-order chi connectivity index (χ0) is 16.9. The van der Waals surface area contributed by atoms with Crippen LogP contribution < -0.4 is 9.21 Å². The van der Waals surface area contributed by atoms with Crippen molar-refractivity contribution in [2.24, 2.45) is 0 Å². The van der Waals surface area contributed by atoms with E-state index in [1.165, 1.54) is 4.31 Å². The van der Waals surface area contributed by atoms with Gasteiger partial charge in [-0.25, -0.2) is 8.42 Å². The van der Waals surface area contributed by atoms with Gasteiger partial charge in [0.15, 0.2) is 0 Å². The molecule has 2 aromatic rings. The van der Waals surface area contributed by atoms with Gasteiger partial charge in [0.25, 0.3) is 10.0 Å². The zero-order valence-corrected chi connectivity index (χ0v) is 14.2. The van der Waals surface area contributed by atoms with Crippen molar-refractivity contribution in [3.63, 3.8) is 0 Å². The van der Waals surface area contributed by atoms with E-state index in [0.717, 1.165) is 12.8 Å². The molecular formula is C18H18N2O3S. The van der Waals surface area contributed by atoms with E-state index in [1.54, 1.807) is 48.2 Å². The molecule has 0 unspecified atom stereocenters. The Labute approximate surface area is 141 Å². The molecule has 4 rings (SSSR count). The van der Waals surface area contributed by atoms with Gasteiger partial charge in [-0.3, -0.25) is 9.10 Å². The van der Waals surface area contributed by atoms with Crippen LogP contribution in [0.25, 0.3) is 0 Å². The lowest BCUT2D eigenvalue weighted by molar-refractivity contribution is -0.117. The van der Waals surface area contributed by atoms with E-state index in [9.17, 15) is 13.2 Å². The molecule has 1 aliphatic carbocycles. The van der Waals surface area contributed by atoms with Crippen molar-refractivity contribution in [3.8, 4) is 0 Å². The largest absolute Gasteiger partial charge is 0.306 e. The highest BCUT2D eigenvalue weighted by Gasteiger charge is 2.42. The van der Waals surface area contributed by atoms with E-state index in [-0.39, 0.29) is 23.4 Å². The number of hydrogen-bond donors (Lipinski definition) is 0. The standard InChI is InChI=1S/C18H18N2O3S/c1-13-6-2-5-9-17(13)24(22,23)19-12-18(21)20(14-10-11-14)16-8-4-3-7-15(16)19/h2-9,14H,10-12H2,1H3. The summed E-state index contributed by atoms with van der Waals surface area (Å²) >= 11 is 0. The average molecular weight is 342 g/mol. The van der Waals surface area contributed by atoms with Crippen LogP contribution in [0, 0.1) is 6.92 Å². The number of nitrogens with zero attached hydrogens (tertiary/aromatic N) is 2. The van der Waals surface area contributed by atoms with Crippen molar-refractivity contribution in [2.45, 2.75) is 30.7 Å². The van der Waals surface area contributed by atoms with Crippen LogP contribution in [0.1, 0.15) is 18.4 Å². The van der Waals surface area contributed by atoms with Crippen LogP contribution in [0.4, 0.5) is 11.4 Å². The third-order valence-electron chi connectivity index (χ3n) is 4.53. The predicted molar refractivity (Wildman–Crippen MR) is 92.7 cm³/mol. The summed E-state index contributed by atoms with van der Waals surface area (Å²) in [7, 11) is -3.78. The third-order valence-corrected chi connectivity index (χ3v) is 6.45. The minimum absolute atomic E-state index is 0.149. The Morgan fingerprint density at radius 2 is 1.58 bits per heavy atom. The fraction of sp³-hybridized carbons (Fsp3) is 0.278. The van der Waals surface area contributed by atoms with Gasteiger partial charge in [0.05, 0.1) is 16.3 Å². The summed E-state index contributed by atoms with van der Waals surface area (Å²) < 4.78 is 27.6. The van der Waals surface area contributed by atoms with Crippen molar-refractivity contribution in [1.29, 1.82) is 0 Å². The first-order valence-corrected chi connectivity index (χ1v) is 9.43. The minimum Gasteiger partial charge on any atom is -0.306 e. The van der Waals surface area contributed by atoms with Crippen LogP contribution in [0.5, 0.6) is 0 Å². The van der Waals surface area contributed by atoms with Crippen LogP contribution in [-0.4, -0.2) is 26.9 Å². The van der Waals surface area contributed by atoms with Crippen LogP contribution >= 0.6 is 0 Å². The Morgan fingerprint density at radius 3 is 2.25 bits per heavy atom. The number of anilines is 2. The molecular weight excluding hydrogens is 324 g/mol. The second kappa shape index (κ2) is 5.34. The zero-order valence-electron chi connectivity index (χ0n) is 13.3. The van der Waals surface area contributed by atoms with E-state index in [2.05, 4.69) is 0 Å². The van der Waals surface area contributed by atoms with Gasteiger partial charge in [-0.2, -0.15) is 0 Å². The van der Waals surface area contributed by atoms with Crippen molar-refractivity contribution >= 4 is 27.3 Å². The second-order valence-electron chi connectivity index (χ2n) is 6.26. The Hall–Kier alpha value is -2.34. The highest BCUT2D eigenvalue weighted by atomic mass is 32.2. The summed E-state index contributed by atoms with van der Waals surface area (Å²) in [5.74, 6) is -0.159. The van der Waals surface area contributed by atoms with Gasteiger partial charge in [0, 0.05) is 6.04 Å². The molecule has 0 aromatic heterocycles. The van der Waals surface area contributed by atoms with E-state index < -0.39 is 10.0 Å². The van der Waals surface area contributed by atoms with Gasteiger partial charge in [0.1, 0.15) is 6.54 Å². The number of sulfonamides is 1. The van der Waals surface area contributed by atoms with Crippen LogP contribution in [0.15, 0.2) is 53.4 Å². The number of hydrogen-bond acceptors (Lipinski definition) is 3. The smallest absolute Gasteiger partial charge is 0.265 e. The number of amides is 1. The molecule has 1 fully saturated rings. The lowest BCUT2D eigenvalue weighted by atomic mass is 10.2. The molecule has 0 N–H and O–H groups in total. The van der Waals surface area contributed by atoms with Crippen LogP contribution in [0.3, 0.4) is 0 Å². The Bertz CT molecular complexity index is 919. The van der Waals surface area contributed by atoms with Gasteiger partial charge in [-0.1, -0.05) is 30.3 Å². The van der Waals surface area contributed by atoms with Crippen molar-refractivity contribution in [1.82, 2.24) is 0 Å². The number of aryl methyl sites for hydroxylation is 1. The number of fused-ring (bicyclic) bond motifs is 1. The number of benzene rings is 2. The second-order valence-corrected chi connectivity index (χ2v) is 8.09. The molecule has 2 aliphatic rings. The summed E-state index contributed by atoms with van der Waals surface area (Å²) in [4.78, 5) is 14.6. The van der Waals surface area contributed by atoms with Crippen molar-refractivity contribution < 1.29 is 13.2 Å². The lowest BCUT2D eigenvalue weighted by Crippen LogP contribution is -2.49. The lowest BCUT2D eigenvalue weighted by Gasteiger charge is -2.36. The van der Waals surface area contributed by atoms with Crippen molar-refractivity contribution in [3.05, 3.63) is 54.1 Å². The normalized spacial score (nSPS) is 17.8. The maximum atomic E-state index is 13.2. The molecule has 6 heteroatoms. The van der Waals surface area contributed by atoms with Crippen LogP contribution in [-0.2, 0) is 14.8 Å². The number of carbonyl (C=O) groups excluding carboxylic acids is 1. The first-order valence-electron chi connectivity index (χ1n) is 7.99. The van der Waals surface area contributed by atoms with Gasteiger partial charge < -0.3 is 4.90 Å². The van der Waals surface area contributed by atoms with Gasteiger partial charge in [-0.15, -0.1) is 0 Å². The molecule has 2 aromatic carbocycles. The fourth-order valence-corrected chi connectivity index (χ4v) is 4.87. The summed E-state index contributed by atoms with van der Waals surface area (Å²) in [5, 5.41) is 0. The first-order chi connectivity index (χ1) is 11.5. The maximum Gasteiger partial charge on any atom is 0.265 e. The summed E-state index contributed by atoms with van der Waals surface area (Å²) in [6.45, 7) is 1.62. The molecule has 0 atom stereocenters. The molecule has 1 amide bonds. The Balaban J connectivity index is 1.85. The molecule has 1 saturated carbocycles. The first kappa shape index (κ1) is 15.2. The van der Waals surface area contributed by atoms with Gasteiger partial charge in [-0.05, 0) is 43.5 Å². The van der Waals surface area contributed by atoms with E-state index >= 15 is 0 Å². The monoisotopic (exact) mass is 342 g/mol. The quantitative estimate of drug-likeness (QED) is 0.862.